The average Bonchev–Trinajstić information content (AvgIpc) is 3.08. The van der Waals surface area contributed by atoms with Gasteiger partial charge < -0.3 is 10.2 Å². The summed E-state index contributed by atoms with van der Waals surface area (Å²) < 4.78 is 18.0. The van der Waals surface area contributed by atoms with Crippen LogP contribution in [0.25, 0.3) is 11.3 Å². The van der Waals surface area contributed by atoms with Crippen LogP contribution in [0.3, 0.4) is 0 Å². The van der Waals surface area contributed by atoms with Crippen molar-refractivity contribution in [2.24, 2.45) is 0 Å². The van der Waals surface area contributed by atoms with Gasteiger partial charge in [0.05, 0.1) is 11.8 Å². The third-order valence-corrected chi connectivity index (χ3v) is 2.88. The second-order valence-electron chi connectivity index (χ2n) is 4.17. The van der Waals surface area contributed by atoms with Crippen molar-refractivity contribution in [1.82, 2.24) is 10.2 Å². The third kappa shape index (κ3) is 1.97. The molecule has 0 fully saturated rings. The molecule has 0 aliphatic rings. The molecule has 3 aromatic rings. The Morgan fingerprint density at radius 3 is 2.65 bits per heavy atom. The first-order valence-electron chi connectivity index (χ1n) is 5.85. The fourth-order valence-corrected chi connectivity index (χ4v) is 1.93. The fourth-order valence-electron chi connectivity index (χ4n) is 1.93. The molecule has 2 heterocycles. The van der Waals surface area contributed by atoms with Crippen LogP contribution >= 0.6 is 0 Å². The molecule has 0 spiro atoms. The number of halogens is 1. The van der Waals surface area contributed by atoms with E-state index in [0.717, 1.165) is 0 Å². The van der Waals surface area contributed by atoms with Gasteiger partial charge in [-0.2, -0.15) is 5.10 Å². The number of hydrogen-bond acceptors (Lipinski definition) is 4. The summed E-state index contributed by atoms with van der Waals surface area (Å²) in [6.07, 6.45) is 1.40. The molecule has 0 aliphatic carbocycles. The molecular weight excluding hydrogens is 261 g/mol. The summed E-state index contributed by atoms with van der Waals surface area (Å²) in [4.78, 5) is 12.3. The summed E-state index contributed by atoms with van der Waals surface area (Å²) in [7, 11) is 0. The minimum atomic E-state index is -0.374. The van der Waals surface area contributed by atoms with Gasteiger partial charge in [-0.1, -0.05) is 0 Å². The molecule has 0 saturated heterocycles. The summed E-state index contributed by atoms with van der Waals surface area (Å²) in [5, 5.41) is 6.58. The smallest absolute Gasteiger partial charge is 0.234 e. The SMILES string of the molecule is Nc1[nH]nc(-c2ccc(F)cc2)c1C(=O)c1ccco1. The van der Waals surface area contributed by atoms with Crippen LogP contribution in [0.2, 0.25) is 0 Å². The lowest BCUT2D eigenvalue weighted by Gasteiger charge is -2.01. The van der Waals surface area contributed by atoms with Gasteiger partial charge in [-0.05, 0) is 36.4 Å². The van der Waals surface area contributed by atoms with E-state index in [1.807, 2.05) is 0 Å². The number of carbonyl (C=O) groups is 1. The van der Waals surface area contributed by atoms with E-state index in [1.165, 1.54) is 30.5 Å². The Labute approximate surface area is 113 Å². The standard InChI is InChI=1S/C14H10FN3O2/c15-9-5-3-8(4-6-9)12-11(14(16)18-17-12)13(19)10-2-1-7-20-10/h1-7H,(H3,16,17,18). The molecule has 0 aliphatic heterocycles. The Balaban J connectivity index is 2.10. The minimum absolute atomic E-state index is 0.144. The zero-order valence-corrected chi connectivity index (χ0v) is 10.3. The number of nitrogens with one attached hydrogen (secondary N) is 1. The number of carbonyl (C=O) groups excluding carboxylic acids is 1. The molecule has 6 heteroatoms. The molecule has 0 radical (unpaired) electrons. The van der Waals surface area contributed by atoms with Crippen LogP contribution in [0.4, 0.5) is 10.2 Å². The van der Waals surface area contributed by atoms with Crippen molar-refractivity contribution in [3.05, 3.63) is 59.8 Å². The van der Waals surface area contributed by atoms with E-state index in [4.69, 9.17) is 10.2 Å². The average molecular weight is 271 g/mol. The van der Waals surface area contributed by atoms with Crippen LogP contribution in [0.5, 0.6) is 0 Å². The zero-order chi connectivity index (χ0) is 14.1. The van der Waals surface area contributed by atoms with E-state index in [2.05, 4.69) is 10.2 Å². The molecule has 3 N–H and O–H groups in total. The highest BCUT2D eigenvalue weighted by molar-refractivity contribution is 6.13. The van der Waals surface area contributed by atoms with Crippen LogP contribution in [-0.4, -0.2) is 16.0 Å². The summed E-state index contributed by atoms with van der Waals surface area (Å²) in [6.45, 7) is 0. The number of H-pyrrole nitrogens is 1. The predicted molar refractivity (Wildman–Crippen MR) is 70.5 cm³/mol. The number of anilines is 1. The van der Waals surface area contributed by atoms with Crippen LogP contribution in [0.15, 0.2) is 47.1 Å². The van der Waals surface area contributed by atoms with Crippen LogP contribution in [0, 0.1) is 5.82 Å². The number of aromatic nitrogens is 2. The number of nitrogens with zero attached hydrogens (tertiary/aromatic N) is 1. The van der Waals surface area contributed by atoms with Crippen molar-refractivity contribution < 1.29 is 13.6 Å². The number of furan rings is 1. The number of nitrogens with two attached hydrogens (primary N) is 1. The van der Waals surface area contributed by atoms with E-state index >= 15 is 0 Å². The second-order valence-corrected chi connectivity index (χ2v) is 4.17. The van der Waals surface area contributed by atoms with Gasteiger partial charge >= 0.3 is 0 Å². The number of aromatic amines is 1. The van der Waals surface area contributed by atoms with Gasteiger partial charge in [0.15, 0.2) is 5.76 Å². The molecule has 5 nitrogen and oxygen atoms in total. The van der Waals surface area contributed by atoms with Crippen LogP contribution < -0.4 is 5.73 Å². The third-order valence-electron chi connectivity index (χ3n) is 2.88. The van der Waals surface area contributed by atoms with Gasteiger partial charge in [0.1, 0.15) is 17.3 Å². The molecule has 0 amide bonds. The summed E-state index contributed by atoms with van der Waals surface area (Å²) in [5.74, 6) is -0.427. The quantitative estimate of drug-likeness (QED) is 0.717. The van der Waals surface area contributed by atoms with Crippen molar-refractivity contribution in [3.63, 3.8) is 0 Å². The molecule has 0 bridgehead atoms. The molecule has 0 saturated carbocycles. The lowest BCUT2D eigenvalue weighted by atomic mass is 10.0. The molecule has 1 aromatic carbocycles. The molecular formula is C14H10FN3O2. The monoisotopic (exact) mass is 271 g/mol. The molecule has 100 valence electrons. The lowest BCUT2D eigenvalue weighted by molar-refractivity contribution is 0.101. The largest absolute Gasteiger partial charge is 0.461 e. The first-order valence-corrected chi connectivity index (χ1v) is 5.85. The first-order chi connectivity index (χ1) is 9.66. The van der Waals surface area contributed by atoms with Gasteiger partial charge in [-0.15, -0.1) is 0 Å². The van der Waals surface area contributed by atoms with Gasteiger partial charge in [0.25, 0.3) is 0 Å². The normalized spacial score (nSPS) is 10.7. The summed E-state index contributed by atoms with van der Waals surface area (Å²) in [6, 6.07) is 8.81. The van der Waals surface area contributed by atoms with Crippen LogP contribution in [-0.2, 0) is 0 Å². The number of nitrogen functional groups attached to an aromatic ring is 1. The van der Waals surface area contributed by atoms with Crippen molar-refractivity contribution in [1.29, 1.82) is 0 Å². The number of hydrogen-bond donors (Lipinski definition) is 2. The summed E-state index contributed by atoms with van der Waals surface area (Å²) in [5.41, 5.74) is 6.93. The van der Waals surface area contributed by atoms with Crippen molar-refractivity contribution >= 4 is 11.6 Å². The van der Waals surface area contributed by atoms with Crippen LogP contribution in [0.1, 0.15) is 16.1 Å². The Hall–Kier alpha value is -2.89. The highest BCUT2D eigenvalue weighted by Crippen LogP contribution is 2.27. The zero-order valence-electron chi connectivity index (χ0n) is 10.3. The maximum absolute atomic E-state index is 13.0. The maximum Gasteiger partial charge on any atom is 0.234 e. The summed E-state index contributed by atoms with van der Waals surface area (Å²) >= 11 is 0. The highest BCUT2D eigenvalue weighted by atomic mass is 19.1. The molecule has 3 rings (SSSR count). The fraction of sp³-hybridized carbons (Fsp3) is 0. The van der Waals surface area contributed by atoms with Crippen molar-refractivity contribution in [3.8, 4) is 11.3 Å². The van der Waals surface area contributed by atoms with Gasteiger partial charge in [-0.25, -0.2) is 4.39 Å². The molecule has 0 unspecified atom stereocenters. The first kappa shape index (κ1) is 12.2. The Bertz CT molecular complexity index is 745. The predicted octanol–water partition coefficient (Wildman–Crippen LogP) is 2.62. The highest BCUT2D eigenvalue weighted by Gasteiger charge is 2.23. The Morgan fingerprint density at radius 1 is 1.25 bits per heavy atom. The number of ketones is 1. The Morgan fingerprint density at radius 2 is 2.00 bits per heavy atom. The van der Waals surface area contributed by atoms with Crippen molar-refractivity contribution in [2.45, 2.75) is 0 Å². The molecule has 20 heavy (non-hydrogen) atoms. The van der Waals surface area contributed by atoms with E-state index in [0.29, 0.717) is 11.3 Å². The van der Waals surface area contributed by atoms with Gasteiger partial charge in [0.2, 0.25) is 5.78 Å². The van der Waals surface area contributed by atoms with E-state index in [9.17, 15) is 9.18 Å². The molecule has 0 atom stereocenters. The van der Waals surface area contributed by atoms with Gasteiger partial charge in [-0.3, -0.25) is 9.89 Å². The van der Waals surface area contributed by atoms with Gasteiger partial charge in [0, 0.05) is 5.56 Å². The second kappa shape index (κ2) is 4.65. The van der Waals surface area contributed by atoms with E-state index in [-0.39, 0.29) is 28.7 Å². The Kier molecular flexibility index (Phi) is 2.83. The van der Waals surface area contributed by atoms with E-state index < -0.39 is 0 Å². The lowest BCUT2D eigenvalue weighted by Crippen LogP contribution is -2.04. The minimum Gasteiger partial charge on any atom is -0.461 e. The van der Waals surface area contributed by atoms with Crippen molar-refractivity contribution in [2.75, 3.05) is 5.73 Å². The van der Waals surface area contributed by atoms with E-state index in [1.54, 1.807) is 12.1 Å². The number of rotatable bonds is 3. The number of benzene rings is 1. The topological polar surface area (TPSA) is 84.9 Å². The molecule has 2 aromatic heterocycles. The maximum atomic E-state index is 13.0.